The third kappa shape index (κ3) is 2.12. The molecule has 0 aliphatic carbocycles. The van der Waals surface area contributed by atoms with Gasteiger partial charge in [0.2, 0.25) is 17.1 Å². The summed E-state index contributed by atoms with van der Waals surface area (Å²) in [4.78, 5) is 16.1. The maximum Gasteiger partial charge on any atom is 0.228 e. The average Bonchev–Trinajstić information content (AvgIpc) is 2.55. The van der Waals surface area contributed by atoms with Gasteiger partial charge in [0.05, 0.1) is 5.92 Å². The summed E-state index contributed by atoms with van der Waals surface area (Å²) in [5.41, 5.74) is 6.04. The molecule has 2 aromatic rings. The summed E-state index contributed by atoms with van der Waals surface area (Å²) in [7, 11) is 0. The van der Waals surface area contributed by atoms with E-state index in [9.17, 15) is 15.2 Å². The monoisotopic (exact) mass is 297 g/mol. The van der Waals surface area contributed by atoms with Crippen LogP contribution in [0.4, 0.5) is 0 Å². The van der Waals surface area contributed by atoms with Gasteiger partial charge in [0.15, 0.2) is 5.76 Å². The SMILES string of the molecule is N#CC1=C(N)Oc2c(oc(CO)cc2=O)C1c1cccnc1. The van der Waals surface area contributed by atoms with E-state index in [2.05, 4.69) is 4.98 Å². The summed E-state index contributed by atoms with van der Waals surface area (Å²) in [6.07, 6.45) is 3.14. The first-order valence-corrected chi connectivity index (χ1v) is 6.41. The molecule has 22 heavy (non-hydrogen) atoms. The van der Waals surface area contributed by atoms with Crippen LogP contribution in [0.3, 0.4) is 0 Å². The van der Waals surface area contributed by atoms with Crippen molar-refractivity contribution in [1.29, 1.82) is 5.26 Å². The molecule has 1 atom stereocenters. The lowest BCUT2D eigenvalue weighted by atomic mass is 9.88. The molecule has 0 saturated carbocycles. The number of allylic oxidation sites excluding steroid dienone is 1. The summed E-state index contributed by atoms with van der Waals surface area (Å²) >= 11 is 0. The molecule has 3 rings (SSSR count). The summed E-state index contributed by atoms with van der Waals surface area (Å²) in [6.45, 7) is -0.441. The van der Waals surface area contributed by atoms with Crippen molar-refractivity contribution in [3.8, 4) is 11.8 Å². The normalized spacial score (nSPS) is 16.6. The summed E-state index contributed by atoms with van der Waals surface area (Å²) in [6, 6.07) is 6.54. The Kier molecular flexibility index (Phi) is 3.37. The fourth-order valence-electron chi connectivity index (χ4n) is 2.34. The maximum absolute atomic E-state index is 12.1. The fraction of sp³-hybridized carbons (Fsp3) is 0.133. The first-order chi connectivity index (χ1) is 10.7. The molecular formula is C15H11N3O4. The Bertz CT molecular complexity index is 849. The molecule has 0 fully saturated rings. The van der Waals surface area contributed by atoms with Crippen molar-refractivity contribution in [3.05, 3.63) is 69.4 Å². The highest BCUT2D eigenvalue weighted by atomic mass is 16.5. The molecular weight excluding hydrogens is 286 g/mol. The second-order valence-electron chi connectivity index (χ2n) is 4.64. The van der Waals surface area contributed by atoms with E-state index in [0.29, 0.717) is 5.56 Å². The third-order valence-electron chi connectivity index (χ3n) is 3.30. The number of fused-ring (bicyclic) bond motifs is 1. The Balaban J connectivity index is 2.30. The van der Waals surface area contributed by atoms with Crippen LogP contribution in [-0.4, -0.2) is 10.1 Å². The first-order valence-electron chi connectivity index (χ1n) is 6.41. The van der Waals surface area contributed by atoms with E-state index in [1.807, 2.05) is 6.07 Å². The molecule has 0 amide bonds. The van der Waals surface area contributed by atoms with Gasteiger partial charge in [-0.1, -0.05) is 6.07 Å². The van der Waals surface area contributed by atoms with Crippen molar-refractivity contribution in [2.45, 2.75) is 12.5 Å². The molecule has 0 aromatic carbocycles. The standard InChI is InChI=1S/C15H11N3O4/c16-5-10-12(8-2-1-3-18-6-8)14-13(22-15(10)17)11(20)4-9(7-19)21-14/h1-4,6,12,19H,7,17H2. The number of aliphatic hydroxyl groups excluding tert-OH is 1. The number of pyridine rings is 1. The zero-order valence-electron chi connectivity index (χ0n) is 11.3. The smallest absolute Gasteiger partial charge is 0.228 e. The molecule has 0 saturated heterocycles. The Labute approximate surface area is 124 Å². The van der Waals surface area contributed by atoms with Crippen molar-refractivity contribution in [2.75, 3.05) is 0 Å². The molecule has 7 nitrogen and oxygen atoms in total. The first kappa shape index (κ1) is 13.9. The van der Waals surface area contributed by atoms with Gasteiger partial charge in [-0.2, -0.15) is 5.26 Å². The van der Waals surface area contributed by atoms with E-state index in [1.54, 1.807) is 24.5 Å². The molecule has 110 valence electrons. The van der Waals surface area contributed by atoms with E-state index in [1.165, 1.54) is 0 Å². The number of nitrogens with zero attached hydrogens (tertiary/aromatic N) is 2. The number of hydrogen-bond donors (Lipinski definition) is 2. The largest absolute Gasteiger partial charge is 0.458 e. The van der Waals surface area contributed by atoms with Crippen molar-refractivity contribution in [2.24, 2.45) is 5.73 Å². The summed E-state index contributed by atoms with van der Waals surface area (Å²) < 4.78 is 10.8. The molecule has 3 N–H and O–H groups in total. The Morgan fingerprint density at radius 1 is 1.50 bits per heavy atom. The van der Waals surface area contributed by atoms with Gasteiger partial charge < -0.3 is 20.0 Å². The van der Waals surface area contributed by atoms with Crippen LogP contribution in [0.15, 0.2) is 51.3 Å². The number of nitrogens with two attached hydrogens (primary N) is 1. The second-order valence-corrected chi connectivity index (χ2v) is 4.64. The van der Waals surface area contributed by atoms with Gasteiger partial charge in [-0.05, 0) is 11.6 Å². The Morgan fingerprint density at radius 2 is 2.32 bits per heavy atom. The predicted molar refractivity (Wildman–Crippen MR) is 74.4 cm³/mol. The molecule has 0 radical (unpaired) electrons. The van der Waals surface area contributed by atoms with Gasteiger partial charge in [0, 0.05) is 18.5 Å². The third-order valence-corrected chi connectivity index (χ3v) is 3.30. The number of nitriles is 1. The van der Waals surface area contributed by atoms with E-state index in [-0.39, 0.29) is 28.7 Å². The number of aliphatic hydroxyl groups is 1. The van der Waals surface area contributed by atoms with Gasteiger partial charge in [0.25, 0.3) is 0 Å². The lowest BCUT2D eigenvalue weighted by Crippen LogP contribution is -2.25. The molecule has 0 spiro atoms. The minimum absolute atomic E-state index is 0.0810. The van der Waals surface area contributed by atoms with Gasteiger partial charge in [-0.25, -0.2) is 0 Å². The minimum atomic E-state index is -0.707. The number of hydrogen-bond acceptors (Lipinski definition) is 7. The van der Waals surface area contributed by atoms with Gasteiger partial charge in [0.1, 0.15) is 24.0 Å². The Morgan fingerprint density at radius 3 is 2.95 bits per heavy atom. The van der Waals surface area contributed by atoms with Crippen molar-refractivity contribution < 1.29 is 14.3 Å². The van der Waals surface area contributed by atoms with Gasteiger partial charge in [-0.15, -0.1) is 0 Å². The number of ether oxygens (including phenoxy) is 1. The Hall–Kier alpha value is -3.11. The van der Waals surface area contributed by atoms with Crippen LogP contribution >= 0.6 is 0 Å². The summed E-state index contributed by atoms with van der Waals surface area (Å²) in [5.74, 6) is -0.716. The number of rotatable bonds is 2. The molecule has 7 heteroatoms. The predicted octanol–water partition coefficient (Wildman–Crippen LogP) is 0.745. The zero-order valence-corrected chi connectivity index (χ0v) is 11.3. The van der Waals surface area contributed by atoms with Gasteiger partial charge in [-0.3, -0.25) is 9.78 Å². The second kappa shape index (κ2) is 5.35. The van der Waals surface area contributed by atoms with Crippen LogP contribution in [0.2, 0.25) is 0 Å². The minimum Gasteiger partial charge on any atom is -0.458 e. The molecule has 2 aromatic heterocycles. The lowest BCUT2D eigenvalue weighted by molar-refractivity contribution is 0.231. The highest BCUT2D eigenvalue weighted by molar-refractivity contribution is 5.51. The van der Waals surface area contributed by atoms with Crippen LogP contribution in [0.5, 0.6) is 5.75 Å². The number of aromatic nitrogens is 1. The van der Waals surface area contributed by atoms with E-state index in [4.69, 9.17) is 14.9 Å². The fourth-order valence-corrected chi connectivity index (χ4v) is 2.34. The molecule has 1 unspecified atom stereocenters. The molecule has 1 aliphatic rings. The molecule has 3 heterocycles. The van der Waals surface area contributed by atoms with Crippen molar-refractivity contribution in [1.82, 2.24) is 4.98 Å². The van der Waals surface area contributed by atoms with E-state index >= 15 is 0 Å². The maximum atomic E-state index is 12.1. The topological polar surface area (TPSA) is 122 Å². The quantitative estimate of drug-likeness (QED) is 0.838. The molecule has 0 bridgehead atoms. The van der Waals surface area contributed by atoms with Crippen LogP contribution in [0, 0.1) is 11.3 Å². The highest BCUT2D eigenvalue weighted by Gasteiger charge is 2.35. The van der Waals surface area contributed by atoms with Crippen LogP contribution < -0.4 is 15.9 Å². The zero-order chi connectivity index (χ0) is 15.7. The van der Waals surface area contributed by atoms with E-state index in [0.717, 1.165) is 6.07 Å². The molecule has 1 aliphatic heterocycles. The van der Waals surface area contributed by atoms with Crippen LogP contribution in [-0.2, 0) is 6.61 Å². The van der Waals surface area contributed by atoms with Crippen molar-refractivity contribution >= 4 is 0 Å². The summed E-state index contributed by atoms with van der Waals surface area (Å²) in [5, 5.41) is 18.6. The lowest BCUT2D eigenvalue weighted by Gasteiger charge is -2.24. The van der Waals surface area contributed by atoms with Crippen LogP contribution in [0.1, 0.15) is 23.0 Å². The van der Waals surface area contributed by atoms with Gasteiger partial charge >= 0.3 is 0 Å². The van der Waals surface area contributed by atoms with Crippen LogP contribution in [0.25, 0.3) is 0 Å². The van der Waals surface area contributed by atoms with E-state index < -0.39 is 18.0 Å². The van der Waals surface area contributed by atoms with Crippen molar-refractivity contribution in [3.63, 3.8) is 0 Å². The average molecular weight is 297 g/mol. The highest BCUT2D eigenvalue weighted by Crippen LogP contribution is 2.40.